The predicted molar refractivity (Wildman–Crippen MR) is 104 cm³/mol. The van der Waals surface area contributed by atoms with E-state index in [9.17, 15) is 0 Å². The van der Waals surface area contributed by atoms with Gasteiger partial charge in [0.1, 0.15) is 5.01 Å². The monoisotopic (exact) mass is 364 g/mol. The lowest BCUT2D eigenvalue weighted by Crippen LogP contribution is -2.70. The van der Waals surface area contributed by atoms with Crippen LogP contribution >= 0.6 is 11.3 Å². The average Bonchev–Trinajstić information content (AvgIpc) is 3.04. The first kappa shape index (κ1) is 18.6. The summed E-state index contributed by atoms with van der Waals surface area (Å²) in [5.74, 6) is 1.45. The molecular weight excluding hydrogens is 332 g/mol. The molecule has 5 nitrogen and oxygen atoms in total. The van der Waals surface area contributed by atoms with Crippen molar-refractivity contribution in [1.29, 1.82) is 0 Å². The molecule has 3 rings (SSSR count). The van der Waals surface area contributed by atoms with Crippen molar-refractivity contribution < 1.29 is 4.74 Å². The number of hydrogen-bond donors (Lipinski definition) is 2. The summed E-state index contributed by atoms with van der Waals surface area (Å²) in [7, 11) is 1.83. The van der Waals surface area contributed by atoms with E-state index >= 15 is 0 Å². The van der Waals surface area contributed by atoms with Crippen LogP contribution in [-0.2, 0) is 16.7 Å². The van der Waals surface area contributed by atoms with Gasteiger partial charge in [-0.3, -0.25) is 4.99 Å². The van der Waals surface area contributed by atoms with Crippen LogP contribution < -0.4 is 10.6 Å². The third-order valence-electron chi connectivity index (χ3n) is 5.57. The van der Waals surface area contributed by atoms with Gasteiger partial charge in [0.25, 0.3) is 0 Å². The number of hydrogen-bond acceptors (Lipinski definition) is 4. The van der Waals surface area contributed by atoms with Crippen LogP contribution in [0.4, 0.5) is 0 Å². The van der Waals surface area contributed by atoms with E-state index in [-0.39, 0.29) is 10.8 Å². The third kappa shape index (κ3) is 3.70. The molecule has 1 aliphatic heterocycles. The van der Waals surface area contributed by atoms with Gasteiger partial charge in [-0.1, -0.05) is 34.6 Å². The normalized spacial score (nSPS) is 28.9. The summed E-state index contributed by atoms with van der Waals surface area (Å²) in [6.07, 6.45) is 2.78. The Morgan fingerprint density at radius 2 is 2.20 bits per heavy atom. The minimum atomic E-state index is 0.0978. The van der Waals surface area contributed by atoms with E-state index in [0.29, 0.717) is 24.6 Å². The van der Waals surface area contributed by atoms with Crippen molar-refractivity contribution in [2.24, 2.45) is 16.3 Å². The molecule has 0 amide bonds. The molecule has 1 saturated carbocycles. The van der Waals surface area contributed by atoms with E-state index in [4.69, 9.17) is 9.72 Å². The van der Waals surface area contributed by atoms with Gasteiger partial charge < -0.3 is 15.4 Å². The van der Waals surface area contributed by atoms with Gasteiger partial charge in [0.05, 0.1) is 18.3 Å². The Morgan fingerprint density at radius 1 is 1.44 bits per heavy atom. The van der Waals surface area contributed by atoms with Crippen molar-refractivity contribution in [3.05, 3.63) is 16.1 Å². The maximum atomic E-state index is 5.99. The van der Waals surface area contributed by atoms with Gasteiger partial charge in [-0.2, -0.15) is 0 Å². The second-order valence-corrected chi connectivity index (χ2v) is 9.79. The maximum absolute atomic E-state index is 5.99. The van der Waals surface area contributed by atoms with Crippen LogP contribution in [0.2, 0.25) is 0 Å². The molecule has 3 unspecified atom stereocenters. The van der Waals surface area contributed by atoms with Crippen LogP contribution in [0.25, 0.3) is 0 Å². The van der Waals surface area contributed by atoms with Crippen molar-refractivity contribution in [3.63, 3.8) is 0 Å². The Morgan fingerprint density at radius 3 is 2.84 bits per heavy atom. The molecule has 6 heteroatoms. The molecule has 0 bridgehead atoms. The molecule has 2 N–H and O–H groups in total. The van der Waals surface area contributed by atoms with E-state index in [1.807, 2.05) is 7.05 Å². The average molecular weight is 365 g/mol. The minimum absolute atomic E-state index is 0.0978. The number of thiazole rings is 1. The van der Waals surface area contributed by atoms with Gasteiger partial charge >= 0.3 is 0 Å². The highest BCUT2D eigenvalue weighted by Gasteiger charge is 2.58. The third-order valence-corrected chi connectivity index (χ3v) is 6.42. The topological polar surface area (TPSA) is 58.5 Å². The molecule has 2 aliphatic rings. The Kier molecular flexibility index (Phi) is 5.13. The Balaban J connectivity index is 1.58. The number of ether oxygens (including phenoxy) is 1. The number of aromatic nitrogens is 1. The van der Waals surface area contributed by atoms with Crippen LogP contribution in [0.1, 0.15) is 58.2 Å². The first-order valence-corrected chi connectivity index (χ1v) is 10.1. The van der Waals surface area contributed by atoms with E-state index in [0.717, 1.165) is 29.7 Å². The highest BCUT2D eigenvalue weighted by molar-refractivity contribution is 7.09. The number of nitrogens with zero attached hydrogens (tertiary/aromatic N) is 2. The number of aliphatic imine (C=N–C) groups is 1. The van der Waals surface area contributed by atoms with Crippen LogP contribution in [0.5, 0.6) is 0 Å². The highest BCUT2D eigenvalue weighted by Crippen LogP contribution is 2.51. The number of rotatable bonds is 3. The predicted octanol–water partition coefficient (Wildman–Crippen LogP) is 3.31. The summed E-state index contributed by atoms with van der Waals surface area (Å²) < 4.78 is 5.99. The Hall–Kier alpha value is -1.14. The number of fused-ring (bicyclic) bond motifs is 1. The van der Waals surface area contributed by atoms with Gasteiger partial charge in [0.15, 0.2) is 5.96 Å². The van der Waals surface area contributed by atoms with Crippen LogP contribution in [0, 0.1) is 11.3 Å². The minimum Gasteiger partial charge on any atom is -0.377 e. The first-order chi connectivity index (χ1) is 11.7. The zero-order valence-corrected chi connectivity index (χ0v) is 17.2. The fraction of sp³-hybridized carbons (Fsp3) is 0.789. The fourth-order valence-electron chi connectivity index (χ4n) is 4.05. The van der Waals surface area contributed by atoms with Gasteiger partial charge in [-0.25, -0.2) is 4.98 Å². The lowest BCUT2D eigenvalue weighted by molar-refractivity contribution is -0.188. The summed E-state index contributed by atoms with van der Waals surface area (Å²) in [5, 5.41) is 10.3. The summed E-state index contributed by atoms with van der Waals surface area (Å²) in [5.41, 5.74) is 1.39. The van der Waals surface area contributed by atoms with Crippen molar-refractivity contribution in [2.75, 3.05) is 13.7 Å². The van der Waals surface area contributed by atoms with E-state index in [1.54, 1.807) is 11.3 Å². The van der Waals surface area contributed by atoms with E-state index < -0.39 is 0 Å². The summed E-state index contributed by atoms with van der Waals surface area (Å²) in [6, 6.07) is 0.408. The number of nitrogens with one attached hydrogen (secondary N) is 2. The Bertz CT molecular complexity index is 632. The molecule has 25 heavy (non-hydrogen) atoms. The molecule has 1 aromatic heterocycles. The molecular formula is C19H32N4OS. The molecule has 1 aliphatic carbocycles. The zero-order valence-electron chi connectivity index (χ0n) is 16.3. The molecule has 1 aromatic rings. The molecule has 140 valence electrons. The molecule has 0 aromatic carbocycles. The van der Waals surface area contributed by atoms with Gasteiger partial charge in [-0.05, 0) is 12.8 Å². The van der Waals surface area contributed by atoms with E-state index in [1.165, 1.54) is 6.42 Å². The van der Waals surface area contributed by atoms with Crippen molar-refractivity contribution in [3.8, 4) is 0 Å². The van der Waals surface area contributed by atoms with Crippen molar-refractivity contribution >= 4 is 17.3 Å². The molecule has 2 heterocycles. The molecule has 3 atom stereocenters. The standard InChI is InChI=1S/C19H32N4OS/c1-18(2,3)13-11-25-14(22-13)10-21-17(20-6)23-15-12-8-7-9-24-16(12)19(15,4)5/h11-12,15-16H,7-10H2,1-6H3,(H2,20,21,23). The number of guanidine groups is 1. The molecule has 0 radical (unpaired) electrons. The summed E-state index contributed by atoms with van der Waals surface area (Å²) >= 11 is 1.71. The van der Waals surface area contributed by atoms with Crippen molar-refractivity contribution in [1.82, 2.24) is 15.6 Å². The molecule has 0 spiro atoms. The lowest BCUT2D eigenvalue weighted by Gasteiger charge is -2.60. The summed E-state index contributed by atoms with van der Waals surface area (Å²) in [6.45, 7) is 12.8. The SMILES string of the molecule is CN=C(NCc1nc(C(C)(C)C)cs1)NC1C2CCCOC2C1(C)C. The van der Waals surface area contributed by atoms with Gasteiger partial charge in [-0.15, -0.1) is 11.3 Å². The van der Waals surface area contributed by atoms with Gasteiger partial charge in [0.2, 0.25) is 0 Å². The smallest absolute Gasteiger partial charge is 0.191 e. The van der Waals surface area contributed by atoms with Crippen molar-refractivity contribution in [2.45, 2.75) is 71.6 Å². The van der Waals surface area contributed by atoms with Crippen LogP contribution in [0.3, 0.4) is 0 Å². The summed E-state index contributed by atoms with van der Waals surface area (Å²) in [4.78, 5) is 9.16. The molecule has 2 fully saturated rings. The quantitative estimate of drug-likeness (QED) is 0.638. The largest absolute Gasteiger partial charge is 0.377 e. The lowest BCUT2D eigenvalue weighted by atomic mass is 9.55. The second kappa shape index (κ2) is 6.88. The van der Waals surface area contributed by atoms with Crippen LogP contribution in [-0.4, -0.2) is 36.7 Å². The second-order valence-electron chi connectivity index (χ2n) is 8.84. The Labute approximate surface area is 155 Å². The maximum Gasteiger partial charge on any atom is 0.191 e. The first-order valence-electron chi connectivity index (χ1n) is 9.27. The fourth-order valence-corrected chi connectivity index (χ4v) is 5.01. The van der Waals surface area contributed by atoms with Gasteiger partial charge in [0, 0.05) is 41.8 Å². The van der Waals surface area contributed by atoms with E-state index in [2.05, 4.69) is 55.6 Å². The zero-order chi connectivity index (χ0) is 18.2. The van der Waals surface area contributed by atoms with Crippen LogP contribution in [0.15, 0.2) is 10.4 Å². The molecule has 1 saturated heterocycles. The highest BCUT2D eigenvalue weighted by atomic mass is 32.1.